The van der Waals surface area contributed by atoms with Crippen LogP contribution < -0.4 is 15.8 Å². The number of amides is 1. The van der Waals surface area contributed by atoms with Crippen LogP contribution in [-0.2, 0) is 0 Å². The second-order valence-corrected chi connectivity index (χ2v) is 11.0. The fourth-order valence-corrected chi connectivity index (χ4v) is 5.22. The molecule has 3 aromatic rings. The van der Waals surface area contributed by atoms with Crippen molar-refractivity contribution >= 4 is 22.4 Å². The molecule has 0 fully saturated rings. The highest BCUT2D eigenvalue weighted by Gasteiger charge is 2.18. The molecule has 5 heteroatoms. The van der Waals surface area contributed by atoms with E-state index >= 15 is 0 Å². The Labute approximate surface area is 241 Å². The number of aromatic hydroxyl groups is 1. The van der Waals surface area contributed by atoms with Crippen molar-refractivity contribution in [2.45, 2.75) is 110 Å². The summed E-state index contributed by atoms with van der Waals surface area (Å²) < 4.78 is 6.08. The Morgan fingerprint density at radius 2 is 1.23 bits per heavy atom. The fourth-order valence-electron chi connectivity index (χ4n) is 5.22. The van der Waals surface area contributed by atoms with E-state index in [1.165, 1.54) is 89.9 Å². The second kappa shape index (κ2) is 18.2. The number of nitrogens with one attached hydrogen (secondary N) is 1. The van der Waals surface area contributed by atoms with E-state index in [-0.39, 0.29) is 17.2 Å². The summed E-state index contributed by atoms with van der Waals surface area (Å²) in [4.78, 5) is 13.0. The van der Waals surface area contributed by atoms with Crippen molar-refractivity contribution in [2.75, 3.05) is 12.3 Å². The summed E-state index contributed by atoms with van der Waals surface area (Å²) in [5.74, 6) is 0.825. The van der Waals surface area contributed by atoms with E-state index in [4.69, 9.17) is 10.5 Å². The maximum atomic E-state index is 13.0. The maximum Gasteiger partial charge on any atom is 0.255 e. The molecule has 0 bridgehead atoms. The van der Waals surface area contributed by atoms with Gasteiger partial charge in [-0.3, -0.25) is 4.79 Å². The number of carbonyl (C=O) groups is 1. The molecule has 0 radical (unpaired) electrons. The van der Waals surface area contributed by atoms with Crippen LogP contribution in [-0.4, -0.2) is 17.6 Å². The standard InChI is InChI=1S/C35H50N2O3/c1-2-3-4-5-6-7-8-9-10-11-12-13-14-15-16-19-26-37-35(39)32-27-33(40-29-24-22-28(36)23-25-29)30-20-17-18-21-31(30)34(32)38/h17-18,20-25,27,38H,2-16,19,26,36H2,1H3,(H,37,39). The number of hydrogen-bond acceptors (Lipinski definition) is 4. The number of phenols is 1. The average Bonchev–Trinajstić information content (AvgIpc) is 2.97. The number of nitrogen functional groups attached to an aromatic ring is 1. The van der Waals surface area contributed by atoms with Crippen molar-refractivity contribution in [3.63, 3.8) is 0 Å². The van der Waals surface area contributed by atoms with E-state index in [9.17, 15) is 9.90 Å². The minimum absolute atomic E-state index is 0.0234. The third-order valence-corrected chi connectivity index (χ3v) is 7.65. The molecule has 0 heterocycles. The van der Waals surface area contributed by atoms with E-state index in [1.54, 1.807) is 36.4 Å². The quantitative estimate of drug-likeness (QED) is 0.0972. The molecule has 1 amide bonds. The second-order valence-electron chi connectivity index (χ2n) is 11.0. The van der Waals surface area contributed by atoms with Gasteiger partial charge in [0.25, 0.3) is 5.91 Å². The molecule has 218 valence electrons. The van der Waals surface area contributed by atoms with Crippen LogP contribution in [0.1, 0.15) is 120 Å². The molecule has 3 rings (SSSR count). The first kappa shape index (κ1) is 31.3. The Morgan fingerprint density at radius 1 is 0.725 bits per heavy atom. The SMILES string of the molecule is CCCCCCCCCCCCCCCCCCNC(=O)c1cc(Oc2ccc(N)cc2)c2ccccc2c1O. The Hall–Kier alpha value is -3.21. The highest BCUT2D eigenvalue weighted by Crippen LogP contribution is 2.38. The maximum absolute atomic E-state index is 13.0. The van der Waals surface area contributed by atoms with Crippen molar-refractivity contribution in [2.24, 2.45) is 0 Å². The lowest BCUT2D eigenvalue weighted by atomic mass is 10.0. The van der Waals surface area contributed by atoms with Gasteiger partial charge in [-0.05, 0) is 36.8 Å². The molecular formula is C35H50N2O3. The first-order chi connectivity index (χ1) is 19.6. The summed E-state index contributed by atoms with van der Waals surface area (Å²) >= 11 is 0. The number of anilines is 1. The molecule has 0 saturated heterocycles. The van der Waals surface area contributed by atoms with Gasteiger partial charge in [0.15, 0.2) is 0 Å². The third kappa shape index (κ3) is 10.7. The first-order valence-electron chi connectivity index (χ1n) is 15.7. The largest absolute Gasteiger partial charge is 0.506 e. The number of benzene rings is 3. The molecule has 0 aromatic heterocycles. The fraction of sp³-hybridized carbons (Fsp3) is 0.514. The molecule has 0 aliphatic carbocycles. The normalized spacial score (nSPS) is 11.1. The number of unbranched alkanes of at least 4 members (excludes halogenated alkanes) is 15. The predicted molar refractivity (Wildman–Crippen MR) is 168 cm³/mol. The van der Waals surface area contributed by atoms with Crippen LogP contribution in [0.5, 0.6) is 17.2 Å². The monoisotopic (exact) mass is 546 g/mol. The van der Waals surface area contributed by atoms with Gasteiger partial charge in [-0.2, -0.15) is 0 Å². The molecular weight excluding hydrogens is 496 g/mol. The molecule has 0 aliphatic rings. The molecule has 0 aliphatic heterocycles. The van der Waals surface area contributed by atoms with Gasteiger partial charge in [-0.1, -0.05) is 128 Å². The van der Waals surface area contributed by atoms with Crippen LogP contribution >= 0.6 is 0 Å². The number of ether oxygens (including phenoxy) is 1. The Morgan fingerprint density at radius 3 is 1.77 bits per heavy atom. The Bertz CT molecular complexity index is 1140. The lowest BCUT2D eigenvalue weighted by Crippen LogP contribution is -2.24. The smallest absolute Gasteiger partial charge is 0.255 e. The lowest BCUT2D eigenvalue weighted by molar-refractivity contribution is 0.0950. The van der Waals surface area contributed by atoms with Gasteiger partial charge in [-0.15, -0.1) is 0 Å². The zero-order valence-electron chi connectivity index (χ0n) is 24.6. The van der Waals surface area contributed by atoms with Gasteiger partial charge in [0, 0.05) is 23.0 Å². The Kier molecular flexibility index (Phi) is 14.2. The van der Waals surface area contributed by atoms with Crippen LogP contribution in [0, 0.1) is 0 Å². The molecule has 0 spiro atoms. The van der Waals surface area contributed by atoms with Crippen LogP contribution in [0.2, 0.25) is 0 Å². The van der Waals surface area contributed by atoms with Gasteiger partial charge in [-0.25, -0.2) is 0 Å². The van der Waals surface area contributed by atoms with Crippen LogP contribution in [0.4, 0.5) is 5.69 Å². The highest BCUT2D eigenvalue weighted by atomic mass is 16.5. The molecule has 4 N–H and O–H groups in total. The molecule has 40 heavy (non-hydrogen) atoms. The number of carbonyl (C=O) groups excluding carboxylic acids is 1. The molecule has 0 saturated carbocycles. The van der Waals surface area contributed by atoms with Crippen LogP contribution in [0.15, 0.2) is 54.6 Å². The van der Waals surface area contributed by atoms with E-state index < -0.39 is 0 Å². The molecule has 5 nitrogen and oxygen atoms in total. The predicted octanol–water partition coefficient (Wildman–Crippen LogP) is 9.91. The summed E-state index contributed by atoms with van der Waals surface area (Å²) in [7, 11) is 0. The topological polar surface area (TPSA) is 84.6 Å². The van der Waals surface area contributed by atoms with Crippen LogP contribution in [0.25, 0.3) is 10.8 Å². The van der Waals surface area contributed by atoms with Crippen molar-refractivity contribution in [1.29, 1.82) is 0 Å². The molecule has 3 aromatic carbocycles. The summed E-state index contributed by atoms with van der Waals surface area (Å²) in [5, 5.41) is 15.2. The summed E-state index contributed by atoms with van der Waals surface area (Å²) in [6.45, 7) is 2.87. The van der Waals surface area contributed by atoms with Crippen LogP contribution in [0.3, 0.4) is 0 Å². The zero-order chi connectivity index (χ0) is 28.4. The van der Waals surface area contributed by atoms with Gasteiger partial charge in [0.2, 0.25) is 0 Å². The minimum atomic E-state index is -0.286. The molecule has 0 atom stereocenters. The lowest BCUT2D eigenvalue weighted by Gasteiger charge is -2.14. The van der Waals surface area contributed by atoms with E-state index in [1.807, 2.05) is 18.2 Å². The van der Waals surface area contributed by atoms with E-state index in [2.05, 4.69) is 12.2 Å². The van der Waals surface area contributed by atoms with Gasteiger partial charge < -0.3 is 20.9 Å². The number of hydrogen-bond donors (Lipinski definition) is 3. The molecule has 0 unspecified atom stereocenters. The van der Waals surface area contributed by atoms with Gasteiger partial charge >= 0.3 is 0 Å². The Balaban J connectivity index is 1.32. The number of fused-ring (bicyclic) bond motifs is 1. The highest BCUT2D eigenvalue weighted by molar-refractivity contribution is 6.05. The van der Waals surface area contributed by atoms with Crippen molar-refractivity contribution < 1.29 is 14.6 Å². The minimum Gasteiger partial charge on any atom is -0.506 e. The zero-order valence-corrected chi connectivity index (χ0v) is 24.6. The van der Waals surface area contributed by atoms with E-state index in [0.29, 0.717) is 29.1 Å². The van der Waals surface area contributed by atoms with Gasteiger partial charge in [0.1, 0.15) is 17.2 Å². The van der Waals surface area contributed by atoms with Crippen molar-refractivity contribution in [1.82, 2.24) is 5.32 Å². The van der Waals surface area contributed by atoms with Crippen molar-refractivity contribution in [3.8, 4) is 17.2 Å². The summed E-state index contributed by atoms with van der Waals surface area (Å²) in [6.07, 6.45) is 21.1. The van der Waals surface area contributed by atoms with Crippen molar-refractivity contribution in [3.05, 3.63) is 60.2 Å². The van der Waals surface area contributed by atoms with E-state index in [0.717, 1.165) is 18.2 Å². The van der Waals surface area contributed by atoms with Gasteiger partial charge in [0.05, 0.1) is 5.56 Å². The summed E-state index contributed by atoms with van der Waals surface area (Å²) in [5.41, 5.74) is 6.66. The third-order valence-electron chi connectivity index (χ3n) is 7.65. The first-order valence-corrected chi connectivity index (χ1v) is 15.7. The summed E-state index contributed by atoms with van der Waals surface area (Å²) in [6, 6.07) is 16.1. The number of rotatable bonds is 20. The number of phenolic OH excluding ortho intramolecular Hbond substituents is 1. The average molecular weight is 547 g/mol. The number of nitrogens with two attached hydrogens (primary N) is 1.